The van der Waals surface area contributed by atoms with Crippen molar-refractivity contribution >= 4 is 17.3 Å². The summed E-state index contributed by atoms with van der Waals surface area (Å²) in [5.41, 5.74) is 4.02. The first-order valence-electron chi connectivity index (χ1n) is 5.84. The Morgan fingerprint density at radius 2 is 1.71 bits per heavy atom. The standard InChI is InChI=1S/C14H11F3N2O2/c15-14(16,17)11-7-9(18)3-6-12(11)19-13(21)8-1-4-10(20)5-2-8/h1-7,20H,18H2,(H,19,21). The van der Waals surface area contributed by atoms with Crippen LogP contribution in [0.15, 0.2) is 42.5 Å². The molecule has 0 aliphatic rings. The van der Waals surface area contributed by atoms with Gasteiger partial charge in [-0.3, -0.25) is 4.79 Å². The number of carbonyl (C=O) groups is 1. The number of nitrogen functional groups attached to an aromatic ring is 1. The molecule has 1 amide bonds. The summed E-state index contributed by atoms with van der Waals surface area (Å²) in [4.78, 5) is 11.9. The number of halogens is 3. The first-order chi connectivity index (χ1) is 9.77. The van der Waals surface area contributed by atoms with Crippen LogP contribution in [-0.4, -0.2) is 11.0 Å². The quantitative estimate of drug-likeness (QED) is 0.745. The lowest BCUT2D eigenvalue weighted by Crippen LogP contribution is -2.16. The van der Waals surface area contributed by atoms with Crippen molar-refractivity contribution < 1.29 is 23.1 Å². The zero-order valence-corrected chi connectivity index (χ0v) is 10.6. The Morgan fingerprint density at radius 1 is 1.10 bits per heavy atom. The Morgan fingerprint density at radius 3 is 2.29 bits per heavy atom. The molecular weight excluding hydrogens is 285 g/mol. The summed E-state index contributed by atoms with van der Waals surface area (Å²) in [5.74, 6) is -0.764. The molecule has 0 unspecified atom stereocenters. The molecule has 0 saturated heterocycles. The number of anilines is 2. The van der Waals surface area contributed by atoms with E-state index in [0.717, 1.165) is 12.1 Å². The third kappa shape index (κ3) is 3.44. The third-order valence-electron chi connectivity index (χ3n) is 2.73. The van der Waals surface area contributed by atoms with E-state index in [-0.39, 0.29) is 22.7 Å². The smallest absolute Gasteiger partial charge is 0.418 e. The minimum absolute atomic E-state index is 0.0463. The highest BCUT2D eigenvalue weighted by atomic mass is 19.4. The normalized spacial score (nSPS) is 11.2. The minimum Gasteiger partial charge on any atom is -0.508 e. The number of carbonyl (C=O) groups excluding carboxylic acids is 1. The van der Waals surface area contributed by atoms with Crippen LogP contribution in [0.1, 0.15) is 15.9 Å². The van der Waals surface area contributed by atoms with Crippen LogP contribution >= 0.6 is 0 Å². The Kier molecular flexibility index (Phi) is 3.75. The average molecular weight is 296 g/mol. The van der Waals surface area contributed by atoms with Crippen molar-refractivity contribution in [3.8, 4) is 5.75 Å². The van der Waals surface area contributed by atoms with Gasteiger partial charge in [-0.15, -0.1) is 0 Å². The van der Waals surface area contributed by atoms with Gasteiger partial charge in [-0.05, 0) is 42.5 Å². The fourth-order valence-electron chi connectivity index (χ4n) is 1.71. The van der Waals surface area contributed by atoms with Crippen LogP contribution in [0.4, 0.5) is 24.5 Å². The molecule has 7 heteroatoms. The Bertz CT molecular complexity index is 667. The zero-order valence-electron chi connectivity index (χ0n) is 10.6. The molecule has 0 atom stereocenters. The number of aromatic hydroxyl groups is 1. The molecule has 4 nitrogen and oxygen atoms in total. The van der Waals surface area contributed by atoms with Gasteiger partial charge < -0.3 is 16.2 Å². The van der Waals surface area contributed by atoms with Crippen molar-refractivity contribution in [2.24, 2.45) is 0 Å². The van der Waals surface area contributed by atoms with Gasteiger partial charge in [0, 0.05) is 11.3 Å². The van der Waals surface area contributed by atoms with Crippen LogP contribution in [0.25, 0.3) is 0 Å². The fourth-order valence-corrected chi connectivity index (χ4v) is 1.71. The van der Waals surface area contributed by atoms with Gasteiger partial charge in [-0.2, -0.15) is 13.2 Å². The summed E-state index contributed by atoms with van der Waals surface area (Å²) in [6.45, 7) is 0. The molecule has 4 N–H and O–H groups in total. The monoisotopic (exact) mass is 296 g/mol. The highest BCUT2D eigenvalue weighted by Crippen LogP contribution is 2.36. The summed E-state index contributed by atoms with van der Waals surface area (Å²) >= 11 is 0. The molecule has 0 bridgehead atoms. The maximum Gasteiger partial charge on any atom is 0.418 e. The summed E-state index contributed by atoms with van der Waals surface area (Å²) in [7, 11) is 0. The van der Waals surface area contributed by atoms with Crippen molar-refractivity contribution in [3.63, 3.8) is 0 Å². The van der Waals surface area contributed by atoms with E-state index in [4.69, 9.17) is 10.8 Å². The number of rotatable bonds is 2. The highest BCUT2D eigenvalue weighted by Gasteiger charge is 2.34. The van der Waals surface area contributed by atoms with Crippen molar-refractivity contribution in [2.75, 3.05) is 11.1 Å². The molecule has 0 heterocycles. The lowest BCUT2D eigenvalue weighted by molar-refractivity contribution is -0.136. The maximum absolute atomic E-state index is 12.9. The predicted octanol–water partition coefficient (Wildman–Crippen LogP) is 3.25. The van der Waals surface area contributed by atoms with Crippen LogP contribution in [-0.2, 0) is 6.18 Å². The number of nitrogens with two attached hydrogens (primary N) is 1. The summed E-state index contributed by atoms with van der Waals surface area (Å²) in [5, 5.41) is 11.3. The molecule has 2 aromatic carbocycles. The Labute approximate surface area is 118 Å². The molecule has 0 saturated carbocycles. The number of amides is 1. The zero-order chi connectivity index (χ0) is 15.6. The lowest BCUT2D eigenvalue weighted by Gasteiger charge is -2.14. The number of alkyl halides is 3. The van der Waals surface area contributed by atoms with Crippen LogP contribution in [0.3, 0.4) is 0 Å². The van der Waals surface area contributed by atoms with Gasteiger partial charge in [-0.25, -0.2) is 0 Å². The van der Waals surface area contributed by atoms with E-state index in [0.29, 0.717) is 0 Å². The fraction of sp³-hybridized carbons (Fsp3) is 0.0714. The van der Waals surface area contributed by atoms with Gasteiger partial charge >= 0.3 is 6.18 Å². The van der Waals surface area contributed by atoms with E-state index in [1.807, 2.05) is 0 Å². The first-order valence-corrected chi connectivity index (χ1v) is 5.84. The number of hydrogen-bond donors (Lipinski definition) is 3. The number of nitrogens with one attached hydrogen (secondary N) is 1. The van der Waals surface area contributed by atoms with Crippen LogP contribution in [0, 0.1) is 0 Å². The molecule has 21 heavy (non-hydrogen) atoms. The molecule has 110 valence electrons. The molecule has 0 fully saturated rings. The van der Waals surface area contributed by atoms with Gasteiger partial charge in [0.05, 0.1) is 11.3 Å². The summed E-state index contributed by atoms with van der Waals surface area (Å²) in [6.07, 6.45) is -4.63. The van der Waals surface area contributed by atoms with Gasteiger partial charge in [-0.1, -0.05) is 0 Å². The Hall–Kier alpha value is -2.70. The predicted molar refractivity (Wildman–Crippen MR) is 71.9 cm³/mol. The van der Waals surface area contributed by atoms with E-state index in [9.17, 15) is 18.0 Å². The van der Waals surface area contributed by atoms with Gasteiger partial charge in [0.15, 0.2) is 0 Å². The molecule has 0 aliphatic heterocycles. The number of hydrogen-bond acceptors (Lipinski definition) is 3. The molecule has 0 radical (unpaired) electrons. The van der Waals surface area contributed by atoms with E-state index < -0.39 is 17.6 Å². The second kappa shape index (κ2) is 5.35. The van der Waals surface area contributed by atoms with E-state index >= 15 is 0 Å². The second-order valence-corrected chi connectivity index (χ2v) is 4.30. The van der Waals surface area contributed by atoms with Crippen molar-refractivity contribution in [1.29, 1.82) is 0 Å². The third-order valence-corrected chi connectivity index (χ3v) is 2.73. The molecule has 0 spiro atoms. The number of phenols is 1. The summed E-state index contributed by atoms with van der Waals surface area (Å²) < 4.78 is 38.7. The second-order valence-electron chi connectivity index (χ2n) is 4.30. The Balaban J connectivity index is 2.31. The van der Waals surface area contributed by atoms with Crippen molar-refractivity contribution in [2.45, 2.75) is 6.18 Å². The molecular formula is C14H11F3N2O2. The lowest BCUT2D eigenvalue weighted by atomic mass is 10.1. The minimum atomic E-state index is -4.63. The number of phenolic OH excluding ortho intramolecular Hbond substituents is 1. The first kappa shape index (κ1) is 14.7. The van der Waals surface area contributed by atoms with Gasteiger partial charge in [0.2, 0.25) is 0 Å². The van der Waals surface area contributed by atoms with Gasteiger partial charge in [0.25, 0.3) is 5.91 Å². The van der Waals surface area contributed by atoms with E-state index in [1.54, 1.807) is 0 Å². The highest BCUT2D eigenvalue weighted by molar-refractivity contribution is 6.04. The van der Waals surface area contributed by atoms with Crippen LogP contribution < -0.4 is 11.1 Å². The van der Waals surface area contributed by atoms with Crippen molar-refractivity contribution in [1.82, 2.24) is 0 Å². The summed E-state index contributed by atoms with van der Waals surface area (Å²) in [6, 6.07) is 8.25. The largest absolute Gasteiger partial charge is 0.508 e. The van der Waals surface area contributed by atoms with Crippen LogP contribution in [0.2, 0.25) is 0 Å². The van der Waals surface area contributed by atoms with Gasteiger partial charge in [0.1, 0.15) is 5.75 Å². The SMILES string of the molecule is Nc1ccc(NC(=O)c2ccc(O)cc2)c(C(F)(F)F)c1. The van der Waals surface area contributed by atoms with E-state index in [2.05, 4.69) is 5.32 Å². The molecule has 2 aromatic rings. The van der Waals surface area contributed by atoms with Crippen LogP contribution in [0.5, 0.6) is 5.75 Å². The number of benzene rings is 2. The molecule has 2 rings (SSSR count). The molecule has 0 aliphatic carbocycles. The average Bonchev–Trinajstić information content (AvgIpc) is 2.40. The maximum atomic E-state index is 12.9. The van der Waals surface area contributed by atoms with E-state index in [1.165, 1.54) is 30.3 Å². The topological polar surface area (TPSA) is 75.3 Å². The molecule has 0 aromatic heterocycles. The van der Waals surface area contributed by atoms with Crippen molar-refractivity contribution in [3.05, 3.63) is 53.6 Å².